The van der Waals surface area contributed by atoms with Gasteiger partial charge in [0, 0.05) is 20.2 Å². The molecule has 2 rings (SSSR count). The highest BCUT2D eigenvalue weighted by molar-refractivity contribution is 5.85. The first-order chi connectivity index (χ1) is 13.5. The molecule has 6 heteroatoms. The molecule has 2 aromatic rings. The van der Waals surface area contributed by atoms with E-state index in [0.717, 1.165) is 29.9 Å². The summed E-state index contributed by atoms with van der Waals surface area (Å²) in [7, 11) is 1.48. The minimum absolute atomic E-state index is 0.0192. The fourth-order valence-electron chi connectivity index (χ4n) is 3.00. The molecule has 0 unspecified atom stereocenters. The van der Waals surface area contributed by atoms with Crippen LogP contribution in [0.5, 0.6) is 0 Å². The Morgan fingerprint density at radius 3 is 2.36 bits per heavy atom. The maximum atomic E-state index is 13.0. The van der Waals surface area contributed by atoms with Crippen LogP contribution in [0.4, 0.5) is 0 Å². The van der Waals surface area contributed by atoms with Crippen molar-refractivity contribution in [2.45, 2.75) is 33.2 Å². The minimum atomic E-state index is -0.172. The SMILES string of the molecule is CCCN(CC(=O)N(CCc1ccccc1)Cc1ccc(C)o1)C(=O)COC. The van der Waals surface area contributed by atoms with Crippen molar-refractivity contribution in [3.05, 3.63) is 59.5 Å². The van der Waals surface area contributed by atoms with Crippen molar-refractivity contribution >= 4 is 11.8 Å². The minimum Gasteiger partial charge on any atom is -0.464 e. The van der Waals surface area contributed by atoms with E-state index in [2.05, 4.69) is 0 Å². The zero-order chi connectivity index (χ0) is 20.4. The summed E-state index contributed by atoms with van der Waals surface area (Å²) in [5.74, 6) is 1.29. The molecule has 28 heavy (non-hydrogen) atoms. The zero-order valence-corrected chi connectivity index (χ0v) is 17.0. The third kappa shape index (κ3) is 6.85. The van der Waals surface area contributed by atoms with Crippen molar-refractivity contribution in [2.24, 2.45) is 0 Å². The van der Waals surface area contributed by atoms with Crippen LogP contribution in [0.3, 0.4) is 0 Å². The third-order valence-corrected chi connectivity index (χ3v) is 4.45. The fraction of sp³-hybridized carbons (Fsp3) is 0.455. The van der Waals surface area contributed by atoms with Crippen molar-refractivity contribution in [3.8, 4) is 0 Å². The van der Waals surface area contributed by atoms with E-state index in [1.165, 1.54) is 7.11 Å². The van der Waals surface area contributed by atoms with Crippen LogP contribution in [-0.2, 0) is 27.3 Å². The maximum absolute atomic E-state index is 13.0. The van der Waals surface area contributed by atoms with Gasteiger partial charge >= 0.3 is 0 Å². The second kappa shape index (κ2) is 11.3. The van der Waals surface area contributed by atoms with Gasteiger partial charge in [-0.05, 0) is 37.5 Å². The molecule has 0 bridgehead atoms. The molecule has 1 heterocycles. The number of rotatable bonds is 11. The quantitative estimate of drug-likeness (QED) is 0.595. The van der Waals surface area contributed by atoms with Crippen LogP contribution in [0.25, 0.3) is 0 Å². The standard InChI is InChI=1S/C22H30N2O4/c1-4-13-23(22(26)17-27-3)16-21(25)24(15-20-11-10-18(2)28-20)14-12-19-8-6-5-7-9-19/h5-11H,4,12-17H2,1-3H3. The molecule has 0 aliphatic carbocycles. The number of hydrogen-bond donors (Lipinski definition) is 0. The van der Waals surface area contributed by atoms with Crippen LogP contribution >= 0.6 is 0 Å². The van der Waals surface area contributed by atoms with E-state index in [9.17, 15) is 9.59 Å². The monoisotopic (exact) mass is 386 g/mol. The van der Waals surface area contributed by atoms with Gasteiger partial charge in [0.2, 0.25) is 11.8 Å². The van der Waals surface area contributed by atoms with Gasteiger partial charge in [-0.2, -0.15) is 0 Å². The molecule has 0 spiro atoms. The molecule has 0 radical (unpaired) electrons. The average molecular weight is 386 g/mol. The number of nitrogens with zero attached hydrogens (tertiary/aromatic N) is 2. The molecular formula is C22H30N2O4. The lowest BCUT2D eigenvalue weighted by atomic mass is 10.1. The number of methoxy groups -OCH3 is 1. The summed E-state index contributed by atoms with van der Waals surface area (Å²) >= 11 is 0. The molecule has 6 nitrogen and oxygen atoms in total. The Balaban J connectivity index is 2.08. The molecule has 0 aliphatic rings. The number of hydrogen-bond acceptors (Lipinski definition) is 4. The van der Waals surface area contributed by atoms with E-state index < -0.39 is 0 Å². The first-order valence-corrected chi connectivity index (χ1v) is 9.67. The highest BCUT2D eigenvalue weighted by atomic mass is 16.5. The zero-order valence-electron chi connectivity index (χ0n) is 17.0. The van der Waals surface area contributed by atoms with Gasteiger partial charge in [0.1, 0.15) is 18.1 Å². The summed E-state index contributed by atoms with van der Waals surface area (Å²) in [4.78, 5) is 28.6. The predicted molar refractivity (Wildman–Crippen MR) is 108 cm³/mol. The van der Waals surface area contributed by atoms with Gasteiger partial charge in [-0.3, -0.25) is 9.59 Å². The van der Waals surface area contributed by atoms with Gasteiger partial charge in [0.25, 0.3) is 0 Å². The number of ether oxygens (including phenoxy) is 1. The van der Waals surface area contributed by atoms with Gasteiger partial charge < -0.3 is 19.0 Å². The van der Waals surface area contributed by atoms with Crippen LogP contribution in [0.15, 0.2) is 46.9 Å². The molecule has 0 fully saturated rings. The smallest absolute Gasteiger partial charge is 0.249 e. The van der Waals surface area contributed by atoms with Crippen LogP contribution in [0, 0.1) is 6.92 Å². The van der Waals surface area contributed by atoms with Crippen LogP contribution in [0.1, 0.15) is 30.4 Å². The maximum Gasteiger partial charge on any atom is 0.249 e. The van der Waals surface area contributed by atoms with E-state index in [1.54, 1.807) is 9.80 Å². The Morgan fingerprint density at radius 1 is 1.00 bits per heavy atom. The van der Waals surface area contributed by atoms with Gasteiger partial charge in [0.05, 0.1) is 13.1 Å². The summed E-state index contributed by atoms with van der Waals surface area (Å²) < 4.78 is 10.6. The third-order valence-electron chi connectivity index (χ3n) is 4.45. The van der Waals surface area contributed by atoms with E-state index in [1.807, 2.05) is 56.3 Å². The normalized spacial score (nSPS) is 10.7. The van der Waals surface area contributed by atoms with Crippen LogP contribution in [-0.4, -0.2) is 55.0 Å². The van der Waals surface area contributed by atoms with E-state index in [4.69, 9.17) is 9.15 Å². The summed E-state index contributed by atoms with van der Waals surface area (Å²) in [5.41, 5.74) is 1.16. The van der Waals surface area contributed by atoms with Crippen LogP contribution < -0.4 is 0 Å². The van der Waals surface area contributed by atoms with Crippen molar-refractivity contribution in [2.75, 3.05) is 33.4 Å². The average Bonchev–Trinajstić information content (AvgIpc) is 3.10. The second-order valence-electron chi connectivity index (χ2n) is 6.81. The molecular weight excluding hydrogens is 356 g/mol. The van der Waals surface area contributed by atoms with Crippen molar-refractivity contribution in [1.29, 1.82) is 0 Å². The van der Waals surface area contributed by atoms with Gasteiger partial charge in [-0.15, -0.1) is 0 Å². The first kappa shape index (κ1) is 21.7. The second-order valence-corrected chi connectivity index (χ2v) is 6.81. The number of furan rings is 1. The van der Waals surface area contributed by atoms with Crippen molar-refractivity contribution < 1.29 is 18.7 Å². The lowest BCUT2D eigenvalue weighted by Gasteiger charge is -2.27. The molecule has 0 saturated carbocycles. The molecule has 0 atom stereocenters. The molecule has 1 aromatic carbocycles. The highest BCUT2D eigenvalue weighted by Crippen LogP contribution is 2.12. The number of benzene rings is 1. The molecule has 152 valence electrons. The first-order valence-electron chi connectivity index (χ1n) is 9.67. The Bertz CT molecular complexity index is 742. The van der Waals surface area contributed by atoms with Gasteiger partial charge in [0.15, 0.2) is 0 Å². The Morgan fingerprint density at radius 2 is 1.75 bits per heavy atom. The summed E-state index contributed by atoms with van der Waals surface area (Å²) in [5, 5.41) is 0. The van der Waals surface area contributed by atoms with Gasteiger partial charge in [-0.1, -0.05) is 37.3 Å². The Kier molecular flexibility index (Phi) is 8.75. The predicted octanol–water partition coefficient (Wildman–Crippen LogP) is 3.04. The van der Waals surface area contributed by atoms with Crippen molar-refractivity contribution in [3.63, 3.8) is 0 Å². The number of amides is 2. The van der Waals surface area contributed by atoms with E-state index in [0.29, 0.717) is 19.6 Å². The number of carbonyl (C=O) groups excluding carboxylic acids is 2. The van der Waals surface area contributed by atoms with Gasteiger partial charge in [-0.25, -0.2) is 0 Å². The molecule has 0 saturated heterocycles. The lowest BCUT2D eigenvalue weighted by Crippen LogP contribution is -2.44. The molecule has 1 aromatic heterocycles. The number of aryl methyl sites for hydroxylation is 1. The summed E-state index contributed by atoms with van der Waals surface area (Å²) in [6.45, 7) is 5.36. The molecule has 0 aliphatic heterocycles. The summed E-state index contributed by atoms with van der Waals surface area (Å²) in [6, 6.07) is 13.8. The largest absolute Gasteiger partial charge is 0.464 e. The highest BCUT2D eigenvalue weighted by Gasteiger charge is 2.21. The van der Waals surface area contributed by atoms with E-state index in [-0.39, 0.29) is 25.0 Å². The van der Waals surface area contributed by atoms with Crippen LogP contribution in [0.2, 0.25) is 0 Å². The topological polar surface area (TPSA) is 63.0 Å². The summed E-state index contributed by atoms with van der Waals surface area (Å²) in [6.07, 6.45) is 1.52. The fourth-order valence-corrected chi connectivity index (χ4v) is 3.00. The Labute approximate surface area is 167 Å². The number of carbonyl (C=O) groups is 2. The molecule has 2 amide bonds. The molecule has 0 N–H and O–H groups in total. The van der Waals surface area contributed by atoms with E-state index >= 15 is 0 Å². The Hall–Kier alpha value is -2.60. The van der Waals surface area contributed by atoms with Crippen molar-refractivity contribution in [1.82, 2.24) is 9.80 Å². The lowest BCUT2D eigenvalue weighted by molar-refractivity contribution is -0.143.